The molecular weight excluding hydrogens is 356 g/mol. The smallest absolute Gasteiger partial charge is 0.335 e. The van der Waals surface area contributed by atoms with E-state index in [-0.39, 0.29) is 23.8 Å². The number of anilines is 1. The Labute approximate surface area is 164 Å². The first-order valence-corrected chi connectivity index (χ1v) is 9.47. The van der Waals surface area contributed by atoms with Crippen LogP contribution in [-0.2, 0) is 11.2 Å². The van der Waals surface area contributed by atoms with Crippen molar-refractivity contribution in [1.29, 1.82) is 0 Å². The van der Waals surface area contributed by atoms with E-state index in [4.69, 9.17) is 0 Å². The molecule has 2 aromatic carbocycles. The maximum atomic E-state index is 12.7. The van der Waals surface area contributed by atoms with Crippen molar-refractivity contribution in [2.45, 2.75) is 32.6 Å². The molecule has 0 spiro atoms. The topological polar surface area (TPSA) is 86.7 Å². The van der Waals surface area contributed by atoms with Crippen molar-refractivity contribution in [1.82, 2.24) is 4.90 Å². The zero-order chi connectivity index (χ0) is 20.1. The Morgan fingerprint density at radius 3 is 2.39 bits per heavy atom. The molecule has 1 aliphatic heterocycles. The number of carbonyl (C=O) groups is 3. The van der Waals surface area contributed by atoms with Crippen LogP contribution in [-0.4, -0.2) is 40.9 Å². The third-order valence-electron chi connectivity index (χ3n) is 5.10. The van der Waals surface area contributed by atoms with Gasteiger partial charge in [-0.25, -0.2) is 4.79 Å². The molecule has 6 heteroatoms. The largest absolute Gasteiger partial charge is 0.478 e. The molecule has 1 aliphatic rings. The number of nitrogens with zero attached hydrogens (tertiary/aromatic N) is 1. The van der Waals surface area contributed by atoms with Gasteiger partial charge in [0, 0.05) is 30.8 Å². The van der Waals surface area contributed by atoms with Gasteiger partial charge in [0.1, 0.15) is 0 Å². The van der Waals surface area contributed by atoms with Crippen LogP contribution in [0.25, 0.3) is 0 Å². The lowest BCUT2D eigenvalue weighted by molar-refractivity contribution is -0.116. The molecule has 2 aromatic rings. The number of benzene rings is 2. The van der Waals surface area contributed by atoms with Crippen molar-refractivity contribution >= 4 is 23.5 Å². The Bertz CT molecular complexity index is 901. The molecule has 0 radical (unpaired) electrons. The van der Waals surface area contributed by atoms with Crippen LogP contribution in [0.3, 0.4) is 0 Å². The van der Waals surface area contributed by atoms with Gasteiger partial charge in [0.15, 0.2) is 0 Å². The van der Waals surface area contributed by atoms with E-state index in [0.717, 1.165) is 31.5 Å². The number of carboxylic acid groups (broad SMARTS) is 1. The summed E-state index contributed by atoms with van der Waals surface area (Å²) in [6, 6.07) is 12.0. The second-order valence-corrected chi connectivity index (χ2v) is 6.99. The van der Waals surface area contributed by atoms with Crippen LogP contribution in [0.1, 0.15) is 51.1 Å². The number of hydrogen-bond donors (Lipinski definition) is 2. The highest BCUT2D eigenvalue weighted by molar-refractivity contribution is 5.99. The third-order valence-corrected chi connectivity index (χ3v) is 5.10. The number of carboxylic acids is 1. The van der Waals surface area contributed by atoms with Gasteiger partial charge >= 0.3 is 5.97 Å². The maximum absolute atomic E-state index is 12.7. The van der Waals surface area contributed by atoms with E-state index in [0.29, 0.717) is 23.2 Å². The standard InChI is InChI=1S/C22H24N2O4/c1-15-17(21(26)24-13-4-5-14-24)9-6-10-19(15)23-20(25)12-11-16-7-2-3-8-18(16)22(27)28/h2-3,6-10H,4-5,11-14H2,1H3,(H,23,25)(H,27,28). The Balaban J connectivity index is 1.67. The lowest BCUT2D eigenvalue weighted by Crippen LogP contribution is -2.28. The Kier molecular flexibility index (Phi) is 6.09. The number of hydrogen-bond acceptors (Lipinski definition) is 3. The van der Waals surface area contributed by atoms with E-state index >= 15 is 0 Å². The average molecular weight is 380 g/mol. The van der Waals surface area contributed by atoms with E-state index in [1.165, 1.54) is 6.07 Å². The number of rotatable bonds is 6. The molecule has 146 valence electrons. The predicted molar refractivity (Wildman–Crippen MR) is 107 cm³/mol. The summed E-state index contributed by atoms with van der Waals surface area (Å²) in [6.45, 7) is 3.38. The van der Waals surface area contributed by atoms with Crippen molar-refractivity contribution in [3.05, 3.63) is 64.7 Å². The van der Waals surface area contributed by atoms with Crippen LogP contribution >= 0.6 is 0 Å². The quantitative estimate of drug-likeness (QED) is 0.803. The number of aryl methyl sites for hydroxylation is 1. The molecule has 0 aromatic heterocycles. The van der Waals surface area contributed by atoms with Gasteiger partial charge in [-0.2, -0.15) is 0 Å². The Morgan fingerprint density at radius 1 is 1.00 bits per heavy atom. The van der Waals surface area contributed by atoms with Gasteiger partial charge in [0.05, 0.1) is 5.56 Å². The minimum absolute atomic E-state index is 0.00137. The molecule has 2 amide bonds. The minimum atomic E-state index is -1.00. The number of nitrogens with one attached hydrogen (secondary N) is 1. The number of likely N-dealkylation sites (tertiary alicyclic amines) is 1. The summed E-state index contributed by atoms with van der Waals surface area (Å²) >= 11 is 0. The molecule has 0 saturated carbocycles. The number of aromatic carboxylic acids is 1. The molecule has 0 aliphatic carbocycles. The summed E-state index contributed by atoms with van der Waals surface area (Å²) in [5, 5.41) is 12.1. The highest BCUT2D eigenvalue weighted by Crippen LogP contribution is 2.22. The van der Waals surface area contributed by atoms with Gasteiger partial charge in [-0.05, 0) is 55.5 Å². The fourth-order valence-corrected chi connectivity index (χ4v) is 3.50. The zero-order valence-electron chi connectivity index (χ0n) is 15.9. The van der Waals surface area contributed by atoms with Crippen molar-refractivity contribution in [2.75, 3.05) is 18.4 Å². The number of amides is 2. The zero-order valence-corrected chi connectivity index (χ0v) is 15.9. The molecule has 1 heterocycles. The second-order valence-electron chi connectivity index (χ2n) is 6.99. The second kappa shape index (κ2) is 8.69. The molecule has 1 fully saturated rings. The van der Waals surface area contributed by atoms with Gasteiger partial charge in [-0.15, -0.1) is 0 Å². The summed E-state index contributed by atoms with van der Waals surface area (Å²) in [5.41, 5.74) is 2.81. The van der Waals surface area contributed by atoms with Crippen molar-refractivity contribution in [3.8, 4) is 0 Å². The first kappa shape index (κ1) is 19.6. The maximum Gasteiger partial charge on any atom is 0.335 e. The summed E-state index contributed by atoms with van der Waals surface area (Å²) in [5.74, 6) is -1.21. The molecule has 0 atom stereocenters. The van der Waals surface area contributed by atoms with Crippen LogP contribution in [0.5, 0.6) is 0 Å². The fourth-order valence-electron chi connectivity index (χ4n) is 3.50. The lowest BCUT2D eigenvalue weighted by atomic mass is 10.0. The summed E-state index contributed by atoms with van der Waals surface area (Å²) in [7, 11) is 0. The van der Waals surface area contributed by atoms with Crippen LogP contribution in [0.15, 0.2) is 42.5 Å². The molecule has 0 unspecified atom stereocenters. The van der Waals surface area contributed by atoms with Crippen LogP contribution < -0.4 is 5.32 Å². The van der Waals surface area contributed by atoms with Gasteiger partial charge in [-0.1, -0.05) is 24.3 Å². The highest BCUT2D eigenvalue weighted by Gasteiger charge is 2.22. The number of carbonyl (C=O) groups excluding carboxylic acids is 2. The molecule has 2 N–H and O–H groups in total. The Hall–Kier alpha value is -3.15. The van der Waals surface area contributed by atoms with Crippen LogP contribution in [0.2, 0.25) is 0 Å². The van der Waals surface area contributed by atoms with E-state index < -0.39 is 5.97 Å². The summed E-state index contributed by atoms with van der Waals surface area (Å²) in [4.78, 5) is 38.2. The van der Waals surface area contributed by atoms with Gasteiger partial charge in [0.25, 0.3) is 5.91 Å². The van der Waals surface area contributed by atoms with E-state index in [9.17, 15) is 19.5 Å². The molecule has 0 bridgehead atoms. The molecular formula is C22H24N2O4. The minimum Gasteiger partial charge on any atom is -0.478 e. The van der Waals surface area contributed by atoms with Crippen LogP contribution in [0.4, 0.5) is 5.69 Å². The monoisotopic (exact) mass is 380 g/mol. The van der Waals surface area contributed by atoms with Gasteiger partial charge in [0.2, 0.25) is 5.91 Å². The molecule has 3 rings (SSSR count). The van der Waals surface area contributed by atoms with E-state index in [1.54, 1.807) is 36.4 Å². The van der Waals surface area contributed by atoms with Gasteiger partial charge < -0.3 is 15.3 Å². The SMILES string of the molecule is Cc1c(NC(=O)CCc2ccccc2C(=O)O)cccc1C(=O)N1CCCC1. The Morgan fingerprint density at radius 2 is 1.68 bits per heavy atom. The molecule has 28 heavy (non-hydrogen) atoms. The molecule has 1 saturated heterocycles. The van der Waals surface area contributed by atoms with E-state index in [2.05, 4.69) is 5.32 Å². The third kappa shape index (κ3) is 4.39. The normalized spacial score (nSPS) is 13.4. The van der Waals surface area contributed by atoms with E-state index in [1.807, 2.05) is 11.8 Å². The lowest BCUT2D eigenvalue weighted by Gasteiger charge is -2.18. The first-order valence-electron chi connectivity index (χ1n) is 9.47. The fraction of sp³-hybridized carbons (Fsp3) is 0.318. The van der Waals surface area contributed by atoms with Gasteiger partial charge in [-0.3, -0.25) is 9.59 Å². The van der Waals surface area contributed by atoms with Crippen molar-refractivity contribution in [3.63, 3.8) is 0 Å². The van der Waals surface area contributed by atoms with Crippen molar-refractivity contribution < 1.29 is 19.5 Å². The summed E-state index contributed by atoms with van der Waals surface area (Å²) < 4.78 is 0. The predicted octanol–water partition coefficient (Wildman–Crippen LogP) is 3.50. The summed E-state index contributed by atoms with van der Waals surface area (Å²) in [6.07, 6.45) is 2.55. The van der Waals surface area contributed by atoms with Crippen LogP contribution in [0, 0.1) is 6.92 Å². The average Bonchev–Trinajstić information content (AvgIpc) is 3.22. The highest BCUT2D eigenvalue weighted by atomic mass is 16.4. The first-order chi connectivity index (χ1) is 13.5. The van der Waals surface area contributed by atoms with Crippen molar-refractivity contribution in [2.24, 2.45) is 0 Å². The molecule has 6 nitrogen and oxygen atoms in total.